The van der Waals surface area contributed by atoms with Crippen LogP contribution in [0.25, 0.3) is 10.8 Å². The number of benzene rings is 3. The second-order valence-electron chi connectivity index (χ2n) is 9.60. The molecule has 2 amide bonds. The number of nitrogens with zero attached hydrogens (tertiary/aromatic N) is 1. The fourth-order valence-electron chi connectivity index (χ4n) is 4.61. The van der Waals surface area contributed by atoms with Crippen molar-refractivity contribution in [1.82, 2.24) is 10.2 Å². The van der Waals surface area contributed by atoms with Gasteiger partial charge in [-0.15, -0.1) is 0 Å². The number of carbonyl (C=O) groups is 2. The van der Waals surface area contributed by atoms with E-state index in [9.17, 15) is 9.59 Å². The van der Waals surface area contributed by atoms with Gasteiger partial charge in [0.05, 0.1) is 5.54 Å². The van der Waals surface area contributed by atoms with Gasteiger partial charge in [-0.05, 0) is 54.5 Å². The van der Waals surface area contributed by atoms with E-state index in [1.54, 1.807) is 13.8 Å². The van der Waals surface area contributed by atoms with Crippen LogP contribution in [0.15, 0.2) is 72.8 Å². The number of fused-ring (bicyclic) bond motifs is 1. The van der Waals surface area contributed by atoms with Crippen LogP contribution in [-0.4, -0.2) is 41.4 Å². The Morgan fingerprint density at radius 3 is 2.30 bits per heavy atom. The minimum atomic E-state index is -1.06. The van der Waals surface area contributed by atoms with Crippen molar-refractivity contribution in [2.24, 2.45) is 5.73 Å². The molecule has 1 atom stereocenters. The molecule has 0 radical (unpaired) electrons. The zero-order valence-corrected chi connectivity index (χ0v) is 19.5. The highest BCUT2D eigenvalue weighted by atomic mass is 16.2. The third-order valence-corrected chi connectivity index (χ3v) is 6.57. The van der Waals surface area contributed by atoms with Crippen LogP contribution in [0.1, 0.15) is 43.7 Å². The predicted molar refractivity (Wildman–Crippen MR) is 133 cm³/mol. The van der Waals surface area contributed by atoms with Crippen LogP contribution in [0, 0.1) is 0 Å². The number of piperidine rings is 1. The van der Waals surface area contributed by atoms with E-state index >= 15 is 0 Å². The molecule has 3 aromatic carbocycles. The van der Waals surface area contributed by atoms with Gasteiger partial charge in [-0.1, -0.05) is 72.8 Å². The summed E-state index contributed by atoms with van der Waals surface area (Å²) < 4.78 is 0. The van der Waals surface area contributed by atoms with E-state index in [0.29, 0.717) is 25.4 Å². The van der Waals surface area contributed by atoms with Crippen molar-refractivity contribution in [3.8, 4) is 0 Å². The third-order valence-electron chi connectivity index (χ3n) is 6.57. The van der Waals surface area contributed by atoms with E-state index in [1.165, 1.54) is 5.56 Å². The highest BCUT2D eigenvalue weighted by Crippen LogP contribution is 2.28. The normalized spacial score (nSPS) is 15.9. The molecule has 1 aliphatic rings. The van der Waals surface area contributed by atoms with E-state index in [0.717, 1.165) is 29.2 Å². The maximum Gasteiger partial charge on any atom is 0.245 e. The fourth-order valence-corrected chi connectivity index (χ4v) is 4.61. The Labute approximate surface area is 196 Å². The van der Waals surface area contributed by atoms with Gasteiger partial charge in [-0.2, -0.15) is 0 Å². The van der Waals surface area contributed by atoms with Crippen LogP contribution in [0.2, 0.25) is 0 Å². The molecule has 1 fully saturated rings. The van der Waals surface area contributed by atoms with Crippen molar-refractivity contribution in [2.45, 2.75) is 50.6 Å². The van der Waals surface area contributed by atoms with Gasteiger partial charge in [0.2, 0.25) is 11.8 Å². The number of likely N-dealkylation sites (tertiary alicyclic amines) is 1. The van der Waals surface area contributed by atoms with E-state index in [-0.39, 0.29) is 11.8 Å². The number of amides is 2. The smallest absolute Gasteiger partial charge is 0.245 e. The lowest BCUT2D eigenvalue weighted by Gasteiger charge is -2.35. The van der Waals surface area contributed by atoms with Crippen molar-refractivity contribution < 1.29 is 9.59 Å². The van der Waals surface area contributed by atoms with Crippen LogP contribution in [0.5, 0.6) is 0 Å². The van der Waals surface area contributed by atoms with Crippen LogP contribution in [0.3, 0.4) is 0 Å². The van der Waals surface area contributed by atoms with Crippen molar-refractivity contribution >= 4 is 22.6 Å². The standard InChI is InChI=1S/C28H33N3O2/c1-28(2,29)27(33)30-25(19-23-13-8-12-22-11-6-7-14-24(22)23)26(32)31-17-15-21(16-18-31)20-9-4-3-5-10-20/h3-14,21,25H,15-19,29H2,1-2H3,(H,30,33)/t25-/m1/s1. The number of carbonyl (C=O) groups excluding carboxylic acids is 2. The number of hydrogen-bond acceptors (Lipinski definition) is 3. The highest BCUT2D eigenvalue weighted by Gasteiger charge is 2.33. The summed E-state index contributed by atoms with van der Waals surface area (Å²) in [6.07, 6.45) is 2.28. The van der Waals surface area contributed by atoms with Crippen molar-refractivity contribution in [3.05, 3.63) is 83.9 Å². The molecule has 0 aliphatic carbocycles. The van der Waals surface area contributed by atoms with Gasteiger partial charge in [0.15, 0.2) is 0 Å². The molecule has 172 valence electrons. The molecule has 1 heterocycles. The zero-order valence-electron chi connectivity index (χ0n) is 19.5. The second kappa shape index (κ2) is 9.75. The molecule has 3 aromatic rings. The molecule has 0 saturated carbocycles. The van der Waals surface area contributed by atoms with E-state index in [1.807, 2.05) is 35.2 Å². The van der Waals surface area contributed by atoms with Gasteiger partial charge in [-0.3, -0.25) is 9.59 Å². The van der Waals surface area contributed by atoms with E-state index in [2.05, 4.69) is 47.8 Å². The van der Waals surface area contributed by atoms with Crippen LogP contribution >= 0.6 is 0 Å². The summed E-state index contributed by atoms with van der Waals surface area (Å²) in [5.41, 5.74) is 7.35. The zero-order chi connectivity index (χ0) is 23.4. The van der Waals surface area contributed by atoms with Gasteiger partial charge >= 0.3 is 0 Å². The first kappa shape index (κ1) is 23.0. The summed E-state index contributed by atoms with van der Waals surface area (Å²) in [6.45, 7) is 4.69. The molecule has 33 heavy (non-hydrogen) atoms. The Bertz CT molecular complexity index is 1110. The van der Waals surface area contributed by atoms with Gasteiger partial charge in [0, 0.05) is 19.5 Å². The van der Waals surface area contributed by atoms with Crippen molar-refractivity contribution in [2.75, 3.05) is 13.1 Å². The Hall–Kier alpha value is -3.18. The summed E-state index contributed by atoms with van der Waals surface area (Å²) in [5.74, 6) is 0.108. The van der Waals surface area contributed by atoms with Crippen molar-refractivity contribution in [3.63, 3.8) is 0 Å². The molecule has 0 unspecified atom stereocenters. The molecular weight excluding hydrogens is 410 g/mol. The Morgan fingerprint density at radius 2 is 1.61 bits per heavy atom. The monoisotopic (exact) mass is 443 g/mol. The largest absolute Gasteiger partial charge is 0.342 e. The first-order chi connectivity index (χ1) is 15.8. The van der Waals surface area contributed by atoms with Crippen LogP contribution in [-0.2, 0) is 16.0 Å². The highest BCUT2D eigenvalue weighted by molar-refractivity contribution is 5.92. The molecule has 5 heteroatoms. The topological polar surface area (TPSA) is 75.4 Å². The number of rotatable bonds is 6. The van der Waals surface area contributed by atoms with Gasteiger partial charge in [0.25, 0.3) is 0 Å². The molecule has 0 bridgehead atoms. The molecule has 0 aromatic heterocycles. The van der Waals surface area contributed by atoms with Gasteiger partial charge in [0.1, 0.15) is 6.04 Å². The fraction of sp³-hybridized carbons (Fsp3) is 0.357. The summed E-state index contributed by atoms with van der Waals surface area (Å²) >= 11 is 0. The average Bonchev–Trinajstić information content (AvgIpc) is 2.83. The second-order valence-corrected chi connectivity index (χ2v) is 9.60. The number of hydrogen-bond donors (Lipinski definition) is 2. The van der Waals surface area contributed by atoms with E-state index < -0.39 is 11.6 Å². The molecular formula is C28H33N3O2. The lowest BCUT2D eigenvalue weighted by molar-refractivity contribution is -0.138. The predicted octanol–water partition coefficient (Wildman–Crippen LogP) is 4.01. The Morgan fingerprint density at radius 1 is 0.970 bits per heavy atom. The average molecular weight is 444 g/mol. The number of nitrogens with two attached hydrogens (primary N) is 1. The molecule has 1 saturated heterocycles. The summed E-state index contributed by atoms with van der Waals surface area (Å²) in [6, 6.07) is 24.1. The molecule has 4 rings (SSSR count). The van der Waals surface area contributed by atoms with Crippen molar-refractivity contribution in [1.29, 1.82) is 0 Å². The summed E-state index contributed by atoms with van der Waals surface area (Å²) in [5, 5.41) is 5.17. The molecule has 0 spiro atoms. The minimum absolute atomic E-state index is 0.0351. The van der Waals surface area contributed by atoms with Gasteiger partial charge in [-0.25, -0.2) is 0 Å². The first-order valence-electron chi connectivity index (χ1n) is 11.7. The molecule has 3 N–H and O–H groups in total. The molecule has 5 nitrogen and oxygen atoms in total. The Kier molecular flexibility index (Phi) is 6.80. The summed E-state index contributed by atoms with van der Waals surface area (Å²) in [7, 11) is 0. The quantitative estimate of drug-likeness (QED) is 0.604. The van der Waals surface area contributed by atoms with Crippen LogP contribution in [0.4, 0.5) is 0 Å². The first-order valence-corrected chi connectivity index (χ1v) is 11.7. The SMILES string of the molecule is CC(C)(N)C(=O)N[C@H](Cc1cccc2ccccc12)C(=O)N1CCC(c2ccccc2)CC1. The van der Waals surface area contributed by atoms with E-state index in [4.69, 9.17) is 5.73 Å². The van der Waals surface area contributed by atoms with Crippen LogP contribution < -0.4 is 11.1 Å². The maximum absolute atomic E-state index is 13.6. The number of nitrogens with one attached hydrogen (secondary N) is 1. The summed E-state index contributed by atoms with van der Waals surface area (Å²) in [4.78, 5) is 28.3. The molecule has 1 aliphatic heterocycles. The Balaban J connectivity index is 1.53. The lowest BCUT2D eigenvalue weighted by Crippen LogP contribution is -2.57. The lowest BCUT2D eigenvalue weighted by atomic mass is 9.89. The van der Waals surface area contributed by atoms with Gasteiger partial charge < -0.3 is 16.0 Å². The maximum atomic E-state index is 13.6. The third kappa shape index (κ3) is 5.42. The minimum Gasteiger partial charge on any atom is -0.342 e.